The third kappa shape index (κ3) is 3.86. The molecule has 1 aromatic heterocycles. The van der Waals surface area contributed by atoms with Gasteiger partial charge in [-0.2, -0.15) is 4.31 Å². The van der Waals surface area contributed by atoms with Gasteiger partial charge in [-0.15, -0.1) is 0 Å². The first-order chi connectivity index (χ1) is 13.8. The van der Waals surface area contributed by atoms with Gasteiger partial charge < -0.3 is 13.9 Å². The number of fused-ring (bicyclic) bond motifs is 1. The van der Waals surface area contributed by atoms with Crippen LogP contribution in [0.25, 0.3) is 11.5 Å². The number of hydrogen-bond acceptors (Lipinski definition) is 6. The van der Waals surface area contributed by atoms with E-state index in [1.807, 2.05) is 31.2 Å². The van der Waals surface area contributed by atoms with E-state index in [0.717, 1.165) is 11.1 Å². The Morgan fingerprint density at radius 2 is 1.69 bits per heavy atom. The minimum Gasteiger partial charge on any atom is -0.486 e. The van der Waals surface area contributed by atoms with Crippen LogP contribution < -0.4 is 9.47 Å². The first-order valence-corrected chi connectivity index (χ1v) is 10.7. The molecular formula is C21H22N2O5S. The Morgan fingerprint density at radius 1 is 1.00 bits per heavy atom. The van der Waals surface area contributed by atoms with Gasteiger partial charge in [0.25, 0.3) is 0 Å². The normalized spacial score (nSPS) is 13.7. The van der Waals surface area contributed by atoms with Crippen molar-refractivity contribution in [1.29, 1.82) is 0 Å². The van der Waals surface area contributed by atoms with Crippen LogP contribution in [0.15, 0.2) is 51.8 Å². The van der Waals surface area contributed by atoms with Crippen molar-refractivity contribution >= 4 is 10.0 Å². The highest BCUT2D eigenvalue weighted by Crippen LogP contribution is 2.33. The molecule has 0 N–H and O–H groups in total. The summed E-state index contributed by atoms with van der Waals surface area (Å²) in [6.45, 7) is 4.73. The van der Waals surface area contributed by atoms with Gasteiger partial charge in [0.2, 0.25) is 15.9 Å². The zero-order valence-corrected chi connectivity index (χ0v) is 17.3. The summed E-state index contributed by atoms with van der Waals surface area (Å²) in [5.74, 6) is 2.05. The molecule has 0 fully saturated rings. The first-order valence-electron chi connectivity index (χ1n) is 9.24. The SMILES string of the molecule is Cc1ccc(-c2nc(CN(C)S(=O)(=O)c3ccc4c(c3)OCCO4)c(C)o2)cc1. The van der Waals surface area contributed by atoms with Crippen molar-refractivity contribution in [3.05, 3.63) is 59.5 Å². The van der Waals surface area contributed by atoms with Crippen molar-refractivity contribution in [3.8, 4) is 23.0 Å². The molecule has 0 spiro atoms. The number of rotatable bonds is 5. The fraction of sp³-hybridized carbons (Fsp3) is 0.286. The van der Waals surface area contributed by atoms with Gasteiger partial charge in [-0.1, -0.05) is 17.7 Å². The van der Waals surface area contributed by atoms with Crippen LogP contribution in [-0.4, -0.2) is 38.0 Å². The Hall–Kier alpha value is -2.84. The zero-order chi connectivity index (χ0) is 20.6. The third-order valence-electron chi connectivity index (χ3n) is 4.79. The van der Waals surface area contributed by atoms with E-state index < -0.39 is 10.0 Å². The second kappa shape index (κ2) is 7.53. The second-order valence-electron chi connectivity index (χ2n) is 6.95. The van der Waals surface area contributed by atoms with Crippen molar-refractivity contribution in [2.45, 2.75) is 25.3 Å². The number of ether oxygens (including phenoxy) is 2. The Labute approximate surface area is 169 Å². The fourth-order valence-electron chi connectivity index (χ4n) is 3.05. The van der Waals surface area contributed by atoms with Gasteiger partial charge in [0.15, 0.2) is 11.5 Å². The fourth-order valence-corrected chi connectivity index (χ4v) is 4.20. The van der Waals surface area contributed by atoms with Crippen LogP contribution in [0, 0.1) is 13.8 Å². The van der Waals surface area contributed by atoms with E-state index in [-0.39, 0.29) is 11.4 Å². The highest BCUT2D eigenvalue weighted by Gasteiger charge is 2.25. The maximum atomic E-state index is 13.0. The van der Waals surface area contributed by atoms with Gasteiger partial charge in [-0.05, 0) is 38.1 Å². The molecule has 0 unspecified atom stereocenters. The number of sulfonamides is 1. The molecule has 29 heavy (non-hydrogen) atoms. The molecule has 0 amide bonds. The molecule has 0 radical (unpaired) electrons. The summed E-state index contributed by atoms with van der Waals surface area (Å²) in [6, 6.07) is 12.5. The average Bonchev–Trinajstić information content (AvgIpc) is 3.08. The van der Waals surface area contributed by atoms with Crippen LogP contribution in [0.3, 0.4) is 0 Å². The maximum Gasteiger partial charge on any atom is 0.243 e. The molecule has 1 aliphatic heterocycles. The maximum absolute atomic E-state index is 13.0. The third-order valence-corrected chi connectivity index (χ3v) is 6.58. The number of hydrogen-bond donors (Lipinski definition) is 0. The van der Waals surface area contributed by atoms with Crippen molar-refractivity contribution in [3.63, 3.8) is 0 Å². The Bertz CT molecular complexity index is 1140. The molecule has 1 aliphatic rings. The minimum absolute atomic E-state index is 0.0952. The molecule has 7 nitrogen and oxygen atoms in total. The van der Waals surface area contributed by atoms with Crippen LogP contribution in [0.5, 0.6) is 11.5 Å². The number of aryl methyl sites for hydroxylation is 2. The smallest absolute Gasteiger partial charge is 0.243 e. The molecule has 2 heterocycles. The van der Waals surface area contributed by atoms with Crippen LogP contribution in [-0.2, 0) is 16.6 Å². The van der Waals surface area contributed by atoms with E-state index in [1.165, 1.54) is 23.5 Å². The topological polar surface area (TPSA) is 81.9 Å². The monoisotopic (exact) mass is 414 g/mol. The van der Waals surface area contributed by atoms with Gasteiger partial charge in [0, 0.05) is 18.7 Å². The summed E-state index contributed by atoms with van der Waals surface area (Å²) >= 11 is 0. The highest BCUT2D eigenvalue weighted by atomic mass is 32.2. The number of nitrogens with zero attached hydrogens (tertiary/aromatic N) is 2. The summed E-state index contributed by atoms with van der Waals surface area (Å²) in [5.41, 5.74) is 2.56. The Kier molecular flexibility index (Phi) is 5.06. The van der Waals surface area contributed by atoms with Crippen molar-refractivity contribution in [1.82, 2.24) is 9.29 Å². The van der Waals surface area contributed by atoms with Crippen LogP contribution in [0.4, 0.5) is 0 Å². The Morgan fingerprint density at radius 3 is 2.41 bits per heavy atom. The summed E-state index contributed by atoms with van der Waals surface area (Å²) in [7, 11) is -2.21. The second-order valence-corrected chi connectivity index (χ2v) is 9.00. The van der Waals surface area contributed by atoms with E-state index >= 15 is 0 Å². The van der Waals surface area contributed by atoms with Gasteiger partial charge in [0.05, 0.1) is 17.1 Å². The predicted octanol–water partition coefficient (Wildman–Crippen LogP) is 3.55. The molecule has 0 saturated heterocycles. The standard InChI is InChI=1S/C21H22N2O5S/c1-14-4-6-16(7-5-14)21-22-18(15(2)28-21)13-23(3)29(24,25)17-8-9-19-20(12-17)27-11-10-26-19/h4-9,12H,10-11,13H2,1-3H3. The van der Waals surface area contributed by atoms with Crippen LogP contribution in [0.2, 0.25) is 0 Å². The number of aromatic nitrogens is 1. The van der Waals surface area contributed by atoms with Gasteiger partial charge in [-0.3, -0.25) is 0 Å². The van der Waals surface area contributed by atoms with Crippen molar-refractivity contribution in [2.24, 2.45) is 0 Å². The average molecular weight is 414 g/mol. The van der Waals surface area contributed by atoms with Gasteiger partial charge in [-0.25, -0.2) is 13.4 Å². The van der Waals surface area contributed by atoms with Crippen LogP contribution >= 0.6 is 0 Å². The van der Waals surface area contributed by atoms with E-state index in [1.54, 1.807) is 13.0 Å². The van der Waals surface area contributed by atoms with Gasteiger partial charge in [0.1, 0.15) is 19.0 Å². The van der Waals surface area contributed by atoms with Crippen molar-refractivity contribution < 1.29 is 22.3 Å². The van der Waals surface area contributed by atoms with E-state index in [0.29, 0.717) is 42.1 Å². The van der Waals surface area contributed by atoms with E-state index in [2.05, 4.69) is 4.98 Å². The molecule has 0 saturated carbocycles. The molecule has 8 heteroatoms. The highest BCUT2D eigenvalue weighted by molar-refractivity contribution is 7.89. The summed E-state index contributed by atoms with van der Waals surface area (Å²) in [6.07, 6.45) is 0. The minimum atomic E-state index is -3.73. The molecule has 0 bridgehead atoms. The van der Waals surface area contributed by atoms with Gasteiger partial charge >= 0.3 is 0 Å². The molecule has 152 valence electrons. The lowest BCUT2D eigenvalue weighted by Crippen LogP contribution is -2.27. The quantitative estimate of drug-likeness (QED) is 0.635. The molecular weight excluding hydrogens is 392 g/mol. The van der Waals surface area contributed by atoms with Crippen LogP contribution in [0.1, 0.15) is 17.0 Å². The first kappa shape index (κ1) is 19.5. The van der Waals surface area contributed by atoms with E-state index in [4.69, 9.17) is 13.9 Å². The lowest BCUT2D eigenvalue weighted by molar-refractivity contribution is 0.171. The lowest BCUT2D eigenvalue weighted by atomic mass is 10.1. The number of oxazole rings is 1. The molecule has 2 aromatic carbocycles. The van der Waals surface area contributed by atoms with E-state index in [9.17, 15) is 8.42 Å². The molecule has 0 aliphatic carbocycles. The van der Waals surface area contributed by atoms with Crippen molar-refractivity contribution in [2.75, 3.05) is 20.3 Å². The summed E-state index contributed by atoms with van der Waals surface area (Å²) in [5, 5.41) is 0. The predicted molar refractivity (Wildman–Crippen MR) is 107 cm³/mol. The lowest BCUT2D eigenvalue weighted by Gasteiger charge is -2.21. The number of benzene rings is 2. The zero-order valence-electron chi connectivity index (χ0n) is 16.5. The molecule has 4 rings (SSSR count). The summed E-state index contributed by atoms with van der Waals surface area (Å²) in [4.78, 5) is 4.65. The Balaban J connectivity index is 1.57. The largest absolute Gasteiger partial charge is 0.486 e. The molecule has 0 atom stereocenters. The summed E-state index contributed by atoms with van der Waals surface area (Å²) < 4.78 is 44.0. The molecule has 3 aromatic rings.